The number of nitrogens with zero attached hydrogens (tertiary/aromatic N) is 2. The van der Waals surface area contributed by atoms with E-state index in [1.165, 1.54) is 88.8 Å². The normalized spacial score (nSPS) is 15.0. The Hall–Kier alpha value is -5.02. The fourth-order valence-electron chi connectivity index (χ4n) is 9.68. The molecule has 270 valence electrons. The molecule has 0 aliphatic carbocycles. The molecule has 0 unspecified atom stereocenters. The van der Waals surface area contributed by atoms with E-state index in [9.17, 15) is 0 Å². The smallest absolute Gasteiger partial charge is 0.247 e. The Morgan fingerprint density at radius 2 is 1.06 bits per heavy atom. The largest absolute Gasteiger partial charge is 0.312 e. The molecule has 7 aromatic rings. The number of hydrogen-bond acceptors (Lipinski definition) is 1. The summed E-state index contributed by atoms with van der Waals surface area (Å²) in [7, 11) is 0. The second kappa shape index (κ2) is 11.5. The van der Waals surface area contributed by atoms with Crippen molar-refractivity contribution in [1.82, 2.24) is 4.57 Å². The number of rotatable bonds is 2. The predicted octanol–water partition coefficient (Wildman–Crippen LogP) is 11.6. The maximum Gasteiger partial charge on any atom is 0.247 e. The molecular formula is C51H53BN2. The van der Waals surface area contributed by atoms with Crippen LogP contribution in [0.1, 0.15) is 104 Å². The molecule has 3 heteroatoms. The van der Waals surface area contributed by atoms with Gasteiger partial charge in [0, 0.05) is 38.9 Å². The van der Waals surface area contributed by atoms with Crippen LogP contribution < -0.4 is 21.3 Å². The number of para-hydroxylation sites is 2. The van der Waals surface area contributed by atoms with Gasteiger partial charge in [-0.2, -0.15) is 0 Å². The van der Waals surface area contributed by atoms with Crippen molar-refractivity contribution < 1.29 is 0 Å². The van der Waals surface area contributed by atoms with Crippen molar-refractivity contribution in [2.24, 2.45) is 0 Å². The summed E-state index contributed by atoms with van der Waals surface area (Å²) < 4.78 is 2.48. The quantitative estimate of drug-likeness (QED) is 0.163. The van der Waals surface area contributed by atoms with E-state index in [1.54, 1.807) is 0 Å². The lowest BCUT2D eigenvalue weighted by Crippen LogP contribution is -2.64. The maximum atomic E-state index is 2.56. The van der Waals surface area contributed by atoms with Crippen LogP contribution in [-0.2, 0) is 21.7 Å². The summed E-state index contributed by atoms with van der Waals surface area (Å²) in [6.07, 6.45) is 0. The van der Waals surface area contributed by atoms with Gasteiger partial charge in [0.15, 0.2) is 0 Å². The van der Waals surface area contributed by atoms with Gasteiger partial charge in [0.2, 0.25) is 6.71 Å². The predicted molar refractivity (Wildman–Crippen MR) is 235 cm³/mol. The van der Waals surface area contributed by atoms with E-state index in [0.29, 0.717) is 0 Å². The molecule has 0 spiro atoms. The van der Waals surface area contributed by atoms with Crippen molar-refractivity contribution in [1.29, 1.82) is 0 Å². The Kier molecular flexibility index (Phi) is 7.40. The van der Waals surface area contributed by atoms with Crippen LogP contribution in [0.4, 0.5) is 17.1 Å². The van der Waals surface area contributed by atoms with Crippen LogP contribution in [0.15, 0.2) is 121 Å². The molecule has 2 nitrogen and oxygen atoms in total. The van der Waals surface area contributed by atoms with Crippen molar-refractivity contribution in [3.05, 3.63) is 149 Å². The standard InChI is InChI=1S/C51H53BN2/c1-48(2,3)32-20-23-34(24-21-32)53-44-28-22-33(49(4,5)6)30-41(44)52-40-31-35(54-42-18-14-12-16-36(42)37-17-13-15-19-43(37)54)25-26-38(40)51(10,11)46-39(50(7,8)9)27-29-45(53)47(46)52/h12-31H,1-11H3. The molecule has 9 rings (SSSR count). The highest BCUT2D eigenvalue weighted by molar-refractivity contribution is 6.99. The monoisotopic (exact) mass is 704 g/mol. The number of benzene rings is 6. The third-order valence-electron chi connectivity index (χ3n) is 12.5. The fourth-order valence-corrected chi connectivity index (χ4v) is 9.68. The van der Waals surface area contributed by atoms with E-state index in [1.807, 2.05) is 0 Å². The first-order chi connectivity index (χ1) is 25.5. The van der Waals surface area contributed by atoms with Crippen LogP contribution in [-0.4, -0.2) is 11.3 Å². The molecule has 0 radical (unpaired) electrons. The minimum absolute atomic E-state index is 0.00612. The average Bonchev–Trinajstić information content (AvgIpc) is 3.46. The van der Waals surface area contributed by atoms with Gasteiger partial charge >= 0.3 is 0 Å². The van der Waals surface area contributed by atoms with Gasteiger partial charge in [0.25, 0.3) is 0 Å². The van der Waals surface area contributed by atoms with Crippen molar-refractivity contribution in [3.8, 4) is 5.69 Å². The zero-order valence-electron chi connectivity index (χ0n) is 34.0. The van der Waals surface area contributed by atoms with Crippen LogP contribution in [0.25, 0.3) is 27.5 Å². The Morgan fingerprint density at radius 1 is 0.500 bits per heavy atom. The van der Waals surface area contributed by atoms with Gasteiger partial charge in [-0.15, -0.1) is 0 Å². The molecule has 0 saturated carbocycles. The minimum Gasteiger partial charge on any atom is -0.312 e. The molecule has 0 amide bonds. The zero-order valence-corrected chi connectivity index (χ0v) is 34.0. The zero-order chi connectivity index (χ0) is 38.1. The molecule has 0 saturated heterocycles. The molecule has 54 heavy (non-hydrogen) atoms. The first-order valence-electron chi connectivity index (χ1n) is 19.8. The number of anilines is 3. The minimum atomic E-state index is -0.222. The van der Waals surface area contributed by atoms with Gasteiger partial charge in [0.05, 0.1) is 11.0 Å². The molecule has 6 aromatic carbocycles. The van der Waals surface area contributed by atoms with E-state index in [2.05, 4.69) is 207 Å². The summed E-state index contributed by atoms with van der Waals surface area (Å²) in [6, 6.07) is 46.7. The highest BCUT2D eigenvalue weighted by Gasteiger charge is 2.48. The average molecular weight is 705 g/mol. The Bertz CT molecular complexity index is 2580. The summed E-state index contributed by atoms with van der Waals surface area (Å²) in [6.45, 7) is 26.1. The van der Waals surface area contributed by atoms with Crippen molar-refractivity contribution in [2.75, 3.05) is 4.90 Å². The lowest BCUT2D eigenvalue weighted by atomic mass is 9.29. The summed E-state index contributed by atoms with van der Waals surface area (Å²) in [4.78, 5) is 2.56. The van der Waals surface area contributed by atoms with E-state index in [0.717, 1.165) is 0 Å². The van der Waals surface area contributed by atoms with Crippen molar-refractivity contribution in [3.63, 3.8) is 0 Å². The van der Waals surface area contributed by atoms with Gasteiger partial charge in [-0.3, -0.25) is 0 Å². The number of hydrogen-bond donors (Lipinski definition) is 0. The lowest BCUT2D eigenvalue weighted by Gasteiger charge is -2.48. The molecular weight excluding hydrogens is 651 g/mol. The molecule has 0 fully saturated rings. The highest BCUT2D eigenvalue weighted by atomic mass is 15.2. The Labute approximate surface area is 322 Å². The Morgan fingerprint density at radius 3 is 1.65 bits per heavy atom. The van der Waals surface area contributed by atoms with Gasteiger partial charge < -0.3 is 9.47 Å². The van der Waals surface area contributed by atoms with Crippen LogP contribution in [0.2, 0.25) is 0 Å². The van der Waals surface area contributed by atoms with Crippen LogP contribution >= 0.6 is 0 Å². The van der Waals surface area contributed by atoms with E-state index >= 15 is 0 Å². The van der Waals surface area contributed by atoms with Gasteiger partial charge in [0.1, 0.15) is 0 Å². The summed E-state index contributed by atoms with van der Waals surface area (Å²) in [5.74, 6) is 0. The topological polar surface area (TPSA) is 8.17 Å². The third kappa shape index (κ3) is 5.07. The molecule has 0 atom stereocenters. The van der Waals surface area contributed by atoms with E-state index < -0.39 is 0 Å². The third-order valence-corrected chi connectivity index (χ3v) is 12.5. The van der Waals surface area contributed by atoms with E-state index in [-0.39, 0.29) is 28.4 Å². The van der Waals surface area contributed by atoms with Crippen LogP contribution in [0.3, 0.4) is 0 Å². The van der Waals surface area contributed by atoms with Gasteiger partial charge in [-0.25, -0.2) is 0 Å². The highest BCUT2D eigenvalue weighted by Crippen LogP contribution is 2.47. The molecule has 0 bridgehead atoms. The number of aromatic nitrogens is 1. The van der Waals surface area contributed by atoms with Crippen molar-refractivity contribution >= 4 is 62.0 Å². The summed E-state index contributed by atoms with van der Waals surface area (Å²) in [5.41, 5.74) is 18.6. The summed E-state index contributed by atoms with van der Waals surface area (Å²) >= 11 is 0. The molecule has 2 aliphatic rings. The van der Waals surface area contributed by atoms with Gasteiger partial charge in [-0.1, -0.05) is 154 Å². The SMILES string of the molecule is CC(C)(C)c1ccc(N2c3ccc(C(C)(C)C)cc3B3c4cc(-n5c6ccccc6c6ccccc65)ccc4C(C)(C)c4c(C(C)(C)C)ccc2c43)cc1. The summed E-state index contributed by atoms with van der Waals surface area (Å²) in [5, 5.41) is 2.58. The number of fused-ring (bicyclic) bond motifs is 7. The Balaban J connectivity index is 1.38. The van der Waals surface area contributed by atoms with Crippen LogP contribution in [0, 0.1) is 0 Å². The molecule has 1 aromatic heterocycles. The fraction of sp³-hybridized carbons (Fsp3) is 0.294. The second-order valence-electron chi connectivity index (χ2n) is 19.5. The first kappa shape index (κ1) is 34.7. The lowest BCUT2D eigenvalue weighted by molar-refractivity contribution is 0.552. The second-order valence-corrected chi connectivity index (χ2v) is 19.5. The van der Waals surface area contributed by atoms with E-state index in [4.69, 9.17) is 0 Å². The molecule has 2 aliphatic heterocycles. The maximum absolute atomic E-state index is 2.56. The van der Waals surface area contributed by atoms with Crippen LogP contribution in [0.5, 0.6) is 0 Å². The van der Waals surface area contributed by atoms with Crippen molar-refractivity contribution in [2.45, 2.75) is 97.8 Å². The molecule has 3 heterocycles. The van der Waals surface area contributed by atoms with Gasteiger partial charge in [-0.05, 0) is 104 Å². The first-order valence-corrected chi connectivity index (χ1v) is 19.8. The molecule has 0 N–H and O–H groups in total.